The van der Waals surface area contributed by atoms with E-state index in [0.717, 1.165) is 48.7 Å². The maximum absolute atomic E-state index is 13.2. The van der Waals surface area contributed by atoms with Crippen LogP contribution in [0.3, 0.4) is 0 Å². The number of benzene rings is 2. The van der Waals surface area contributed by atoms with Gasteiger partial charge in [-0.25, -0.2) is 4.68 Å². The van der Waals surface area contributed by atoms with Crippen molar-refractivity contribution in [2.45, 2.75) is 38.8 Å². The van der Waals surface area contributed by atoms with Crippen molar-refractivity contribution < 1.29 is 4.79 Å². The van der Waals surface area contributed by atoms with Crippen LogP contribution in [-0.4, -0.2) is 30.5 Å². The second kappa shape index (κ2) is 8.55. The molecular weight excluding hydrogens is 388 g/mol. The summed E-state index contributed by atoms with van der Waals surface area (Å²) in [5, 5.41) is 16.4. The first-order valence-corrected chi connectivity index (χ1v) is 10.7. The Morgan fingerprint density at radius 3 is 2.52 bits per heavy atom. The first kappa shape index (κ1) is 19.2. The van der Waals surface area contributed by atoms with Crippen molar-refractivity contribution in [2.75, 3.05) is 0 Å². The summed E-state index contributed by atoms with van der Waals surface area (Å²) in [7, 11) is 0. The molecule has 5 rings (SSSR count). The van der Waals surface area contributed by atoms with E-state index in [1.807, 2.05) is 60.7 Å². The van der Waals surface area contributed by atoms with E-state index >= 15 is 0 Å². The van der Waals surface area contributed by atoms with Crippen molar-refractivity contribution in [3.05, 3.63) is 84.1 Å². The first-order valence-electron chi connectivity index (χ1n) is 10.7. The lowest BCUT2D eigenvalue weighted by atomic mass is 10.1. The lowest BCUT2D eigenvalue weighted by molar-refractivity contribution is 0.0950. The standard InChI is InChI=1S/C24H24N6O/c31-24(25-16-22-27-26-21-14-8-3-9-15-29(21)22)20-17-30(19-12-6-2-7-13-19)28-23(20)18-10-4-1-5-11-18/h1-2,4-7,10-13,17H,3,8-9,14-16H2,(H,25,31). The average molecular weight is 412 g/mol. The van der Waals surface area contributed by atoms with Crippen molar-refractivity contribution >= 4 is 5.91 Å². The summed E-state index contributed by atoms with van der Waals surface area (Å²) in [5.74, 6) is 1.65. The van der Waals surface area contributed by atoms with Gasteiger partial charge in [0.15, 0.2) is 5.82 Å². The molecule has 0 atom stereocenters. The van der Waals surface area contributed by atoms with Crippen molar-refractivity contribution in [3.8, 4) is 16.9 Å². The molecule has 7 heteroatoms. The van der Waals surface area contributed by atoms with Gasteiger partial charge in [0.25, 0.3) is 5.91 Å². The number of rotatable bonds is 5. The summed E-state index contributed by atoms with van der Waals surface area (Å²) in [6.07, 6.45) is 6.20. The van der Waals surface area contributed by atoms with Gasteiger partial charge in [0.1, 0.15) is 11.5 Å². The summed E-state index contributed by atoms with van der Waals surface area (Å²) in [6, 6.07) is 19.6. The molecule has 0 bridgehead atoms. The molecule has 156 valence electrons. The van der Waals surface area contributed by atoms with E-state index in [2.05, 4.69) is 20.1 Å². The van der Waals surface area contributed by atoms with E-state index in [9.17, 15) is 4.79 Å². The van der Waals surface area contributed by atoms with E-state index in [1.165, 1.54) is 6.42 Å². The number of aromatic nitrogens is 5. The minimum absolute atomic E-state index is 0.174. The number of carbonyl (C=O) groups excluding carboxylic acids is 1. The molecule has 31 heavy (non-hydrogen) atoms. The highest BCUT2D eigenvalue weighted by molar-refractivity contribution is 5.99. The summed E-state index contributed by atoms with van der Waals surface area (Å²) >= 11 is 0. The number of nitrogens with zero attached hydrogens (tertiary/aromatic N) is 5. The molecule has 0 aliphatic carbocycles. The van der Waals surface area contributed by atoms with Crippen LogP contribution in [0.25, 0.3) is 16.9 Å². The molecule has 1 aliphatic rings. The molecule has 2 aromatic heterocycles. The van der Waals surface area contributed by atoms with Crippen molar-refractivity contribution in [3.63, 3.8) is 0 Å². The molecule has 0 spiro atoms. The van der Waals surface area contributed by atoms with Crippen LogP contribution < -0.4 is 5.32 Å². The minimum atomic E-state index is -0.174. The average Bonchev–Trinajstić information content (AvgIpc) is 3.36. The maximum Gasteiger partial charge on any atom is 0.255 e. The monoisotopic (exact) mass is 412 g/mol. The number of hydrogen-bond acceptors (Lipinski definition) is 4. The molecule has 0 saturated carbocycles. The molecule has 1 N–H and O–H groups in total. The van der Waals surface area contributed by atoms with Crippen LogP contribution in [0.1, 0.15) is 41.3 Å². The SMILES string of the molecule is O=C(NCc1nnc2n1CCCCC2)c1cn(-c2ccccc2)nc1-c1ccccc1. The smallest absolute Gasteiger partial charge is 0.255 e. The van der Waals surface area contributed by atoms with Crippen LogP contribution in [0.15, 0.2) is 66.9 Å². The van der Waals surface area contributed by atoms with Gasteiger partial charge in [0, 0.05) is 24.7 Å². The lowest BCUT2D eigenvalue weighted by Gasteiger charge is -2.08. The van der Waals surface area contributed by atoms with Gasteiger partial charge in [0.05, 0.1) is 17.8 Å². The number of aryl methyl sites for hydroxylation is 1. The van der Waals surface area contributed by atoms with Crippen LogP contribution in [0, 0.1) is 0 Å². The molecule has 0 unspecified atom stereocenters. The molecule has 7 nitrogen and oxygen atoms in total. The predicted molar refractivity (Wildman–Crippen MR) is 118 cm³/mol. The fourth-order valence-corrected chi connectivity index (χ4v) is 3.99. The Labute approximate surface area is 180 Å². The van der Waals surface area contributed by atoms with E-state index in [-0.39, 0.29) is 5.91 Å². The molecule has 2 aromatic carbocycles. The quantitative estimate of drug-likeness (QED) is 0.541. The zero-order chi connectivity index (χ0) is 21.0. The number of fused-ring (bicyclic) bond motifs is 1. The van der Waals surface area contributed by atoms with Gasteiger partial charge >= 0.3 is 0 Å². The number of carbonyl (C=O) groups is 1. The highest BCUT2D eigenvalue weighted by Gasteiger charge is 2.20. The van der Waals surface area contributed by atoms with Gasteiger partial charge in [-0.3, -0.25) is 4.79 Å². The van der Waals surface area contributed by atoms with Crippen LogP contribution in [0.4, 0.5) is 0 Å². The Hall–Kier alpha value is -3.74. The Morgan fingerprint density at radius 2 is 1.71 bits per heavy atom. The third-order valence-electron chi connectivity index (χ3n) is 5.62. The van der Waals surface area contributed by atoms with Gasteiger partial charge < -0.3 is 9.88 Å². The fourth-order valence-electron chi connectivity index (χ4n) is 3.99. The van der Waals surface area contributed by atoms with Crippen LogP contribution in [0.5, 0.6) is 0 Å². The Morgan fingerprint density at radius 1 is 0.935 bits per heavy atom. The van der Waals surface area contributed by atoms with Crippen molar-refractivity contribution in [2.24, 2.45) is 0 Å². The lowest BCUT2D eigenvalue weighted by Crippen LogP contribution is -2.25. The molecule has 1 aliphatic heterocycles. The van der Waals surface area contributed by atoms with Crippen LogP contribution >= 0.6 is 0 Å². The molecule has 0 fully saturated rings. The Bertz CT molecular complexity index is 1180. The zero-order valence-corrected chi connectivity index (χ0v) is 17.2. The van der Waals surface area contributed by atoms with E-state index in [4.69, 9.17) is 5.10 Å². The Balaban J connectivity index is 1.43. The number of hydrogen-bond donors (Lipinski definition) is 1. The molecule has 1 amide bonds. The summed E-state index contributed by atoms with van der Waals surface area (Å²) in [4.78, 5) is 13.2. The summed E-state index contributed by atoms with van der Waals surface area (Å²) in [5.41, 5.74) is 2.99. The van der Waals surface area contributed by atoms with Gasteiger partial charge in [-0.15, -0.1) is 10.2 Å². The highest BCUT2D eigenvalue weighted by Crippen LogP contribution is 2.24. The van der Waals surface area contributed by atoms with Gasteiger partial charge in [-0.2, -0.15) is 5.10 Å². The number of nitrogens with one attached hydrogen (secondary N) is 1. The number of para-hydroxylation sites is 1. The summed E-state index contributed by atoms with van der Waals surface area (Å²) in [6.45, 7) is 1.26. The van der Waals surface area contributed by atoms with Crippen LogP contribution in [-0.2, 0) is 19.5 Å². The highest BCUT2D eigenvalue weighted by atomic mass is 16.1. The van der Waals surface area contributed by atoms with E-state index in [0.29, 0.717) is 17.8 Å². The number of amides is 1. The fraction of sp³-hybridized carbons (Fsp3) is 0.250. The second-order valence-corrected chi connectivity index (χ2v) is 7.71. The third-order valence-corrected chi connectivity index (χ3v) is 5.62. The van der Waals surface area contributed by atoms with Gasteiger partial charge in [-0.1, -0.05) is 55.0 Å². The molecule has 3 heterocycles. The normalized spacial score (nSPS) is 13.4. The molecule has 0 radical (unpaired) electrons. The van der Waals surface area contributed by atoms with Crippen LogP contribution in [0.2, 0.25) is 0 Å². The second-order valence-electron chi connectivity index (χ2n) is 7.71. The Kier molecular flexibility index (Phi) is 5.31. The van der Waals surface area contributed by atoms with Crippen molar-refractivity contribution in [1.82, 2.24) is 29.9 Å². The molecular formula is C24H24N6O. The molecule has 4 aromatic rings. The van der Waals surface area contributed by atoms with Gasteiger partial charge in [0.2, 0.25) is 0 Å². The largest absolute Gasteiger partial charge is 0.345 e. The third kappa shape index (κ3) is 3.99. The van der Waals surface area contributed by atoms with Crippen molar-refractivity contribution in [1.29, 1.82) is 0 Å². The zero-order valence-electron chi connectivity index (χ0n) is 17.2. The summed E-state index contributed by atoms with van der Waals surface area (Å²) < 4.78 is 3.90. The molecule has 0 saturated heterocycles. The minimum Gasteiger partial charge on any atom is -0.345 e. The maximum atomic E-state index is 13.2. The predicted octanol–water partition coefficient (Wildman–Crippen LogP) is 3.79. The topological polar surface area (TPSA) is 77.6 Å². The van der Waals surface area contributed by atoms with Gasteiger partial charge in [-0.05, 0) is 25.0 Å². The first-order chi connectivity index (χ1) is 15.3. The van der Waals surface area contributed by atoms with E-state index < -0.39 is 0 Å². The van der Waals surface area contributed by atoms with E-state index in [1.54, 1.807) is 10.9 Å².